The third-order valence-electron chi connectivity index (χ3n) is 2.29. The van der Waals surface area contributed by atoms with Crippen LogP contribution in [0.3, 0.4) is 0 Å². The Labute approximate surface area is 71.4 Å². The van der Waals surface area contributed by atoms with Crippen LogP contribution in [0.25, 0.3) is 0 Å². The van der Waals surface area contributed by atoms with Crippen LogP contribution in [-0.2, 0) is 5.60 Å². The van der Waals surface area contributed by atoms with Gasteiger partial charge in [0.15, 0.2) is 0 Å². The molecule has 12 heavy (non-hydrogen) atoms. The minimum Gasteiger partial charge on any atom is -0.381 e. The lowest BCUT2D eigenvalue weighted by Gasteiger charge is -2.37. The molecular formula is C9H12N2O. The molecule has 0 saturated carbocycles. The lowest BCUT2D eigenvalue weighted by Crippen LogP contribution is -2.57. The molecule has 3 nitrogen and oxygen atoms in total. The molecule has 1 fully saturated rings. The minimum atomic E-state index is -0.717. The van der Waals surface area contributed by atoms with E-state index in [1.165, 1.54) is 0 Å². The highest BCUT2D eigenvalue weighted by molar-refractivity contribution is 5.26. The van der Waals surface area contributed by atoms with E-state index >= 15 is 0 Å². The molecule has 0 aliphatic carbocycles. The summed E-state index contributed by atoms with van der Waals surface area (Å²) >= 11 is 0. The van der Waals surface area contributed by atoms with Crippen molar-refractivity contribution in [3.05, 3.63) is 29.6 Å². The summed E-state index contributed by atoms with van der Waals surface area (Å²) in [7, 11) is 0. The van der Waals surface area contributed by atoms with Crippen molar-refractivity contribution in [3.63, 3.8) is 0 Å². The summed E-state index contributed by atoms with van der Waals surface area (Å²) in [5, 5.41) is 13.0. The molecule has 1 aliphatic heterocycles. The van der Waals surface area contributed by atoms with Gasteiger partial charge in [0.1, 0.15) is 5.60 Å². The molecular weight excluding hydrogens is 152 g/mol. The van der Waals surface area contributed by atoms with Gasteiger partial charge < -0.3 is 10.4 Å². The van der Waals surface area contributed by atoms with E-state index in [2.05, 4.69) is 10.3 Å². The number of nitrogens with zero attached hydrogens (tertiary/aromatic N) is 1. The molecule has 2 rings (SSSR count). The first-order valence-corrected chi connectivity index (χ1v) is 4.07. The topological polar surface area (TPSA) is 45.2 Å². The summed E-state index contributed by atoms with van der Waals surface area (Å²) in [6, 6.07) is 3.85. The summed E-state index contributed by atoms with van der Waals surface area (Å²) in [5.41, 5.74) is 1.15. The van der Waals surface area contributed by atoms with Crippen LogP contribution in [0.15, 0.2) is 18.3 Å². The standard InChI is InChI=1S/C9H12N2O/c1-7-3-2-4-11-8(7)9(12)5-10-6-9/h2-4,10,12H,5-6H2,1H3. The average Bonchev–Trinajstić information content (AvgIpc) is 2.01. The van der Waals surface area contributed by atoms with E-state index in [0.29, 0.717) is 13.1 Å². The van der Waals surface area contributed by atoms with Gasteiger partial charge in [-0.05, 0) is 18.6 Å². The van der Waals surface area contributed by atoms with Gasteiger partial charge in [0.2, 0.25) is 0 Å². The Morgan fingerprint density at radius 1 is 1.58 bits per heavy atom. The van der Waals surface area contributed by atoms with Crippen LogP contribution in [0.2, 0.25) is 0 Å². The van der Waals surface area contributed by atoms with E-state index in [0.717, 1.165) is 11.3 Å². The van der Waals surface area contributed by atoms with Gasteiger partial charge in [-0.25, -0.2) is 0 Å². The number of hydrogen-bond donors (Lipinski definition) is 2. The van der Waals surface area contributed by atoms with E-state index in [1.807, 2.05) is 19.1 Å². The zero-order valence-electron chi connectivity index (χ0n) is 7.04. The van der Waals surface area contributed by atoms with Crippen molar-refractivity contribution in [3.8, 4) is 0 Å². The smallest absolute Gasteiger partial charge is 0.131 e. The summed E-state index contributed by atoms with van der Waals surface area (Å²) < 4.78 is 0. The molecule has 0 atom stereocenters. The molecule has 0 spiro atoms. The molecule has 1 aromatic rings. The van der Waals surface area contributed by atoms with Crippen molar-refractivity contribution in [1.29, 1.82) is 0 Å². The zero-order valence-corrected chi connectivity index (χ0v) is 7.04. The van der Waals surface area contributed by atoms with Gasteiger partial charge in [0.25, 0.3) is 0 Å². The first kappa shape index (κ1) is 7.71. The minimum absolute atomic E-state index is 0.616. The highest BCUT2D eigenvalue weighted by Gasteiger charge is 2.38. The number of hydrogen-bond acceptors (Lipinski definition) is 3. The van der Waals surface area contributed by atoms with Crippen molar-refractivity contribution >= 4 is 0 Å². The number of aryl methyl sites for hydroxylation is 1. The third kappa shape index (κ3) is 1.02. The Morgan fingerprint density at radius 2 is 2.33 bits per heavy atom. The third-order valence-corrected chi connectivity index (χ3v) is 2.29. The number of nitrogens with one attached hydrogen (secondary N) is 1. The maximum atomic E-state index is 9.94. The Bertz CT molecular complexity index is 294. The van der Waals surface area contributed by atoms with E-state index in [1.54, 1.807) is 6.20 Å². The SMILES string of the molecule is Cc1cccnc1C1(O)CNC1. The predicted octanol–water partition coefficient (Wildman–Crippen LogP) is 0.181. The van der Waals surface area contributed by atoms with Gasteiger partial charge in [0, 0.05) is 19.3 Å². The van der Waals surface area contributed by atoms with Crippen LogP contribution in [0, 0.1) is 6.92 Å². The van der Waals surface area contributed by atoms with Crippen LogP contribution in [-0.4, -0.2) is 23.2 Å². The Hall–Kier alpha value is -0.930. The largest absolute Gasteiger partial charge is 0.381 e. The first-order chi connectivity index (χ1) is 5.72. The van der Waals surface area contributed by atoms with Gasteiger partial charge in [-0.1, -0.05) is 6.07 Å². The Balaban J connectivity index is 2.39. The van der Waals surface area contributed by atoms with E-state index < -0.39 is 5.60 Å². The number of aliphatic hydroxyl groups is 1. The van der Waals surface area contributed by atoms with Crippen molar-refractivity contribution in [2.75, 3.05) is 13.1 Å². The maximum Gasteiger partial charge on any atom is 0.131 e. The molecule has 2 heterocycles. The van der Waals surface area contributed by atoms with Gasteiger partial charge >= 0.3 is 0 Å². The highest BCUT2D eigenvalue weighted by Crippen LogP contribution is 2.25. The van der Waals surface area contributed by atoms with Crippen molar-refractivity contribution in [2.24, 2.45) is 0 Å². The summed E-state index contributed by atoms with van der Waals surface area (Å²) in [6.45, 7) is 3.20. The molecule has 1 aliphatic rings. The monoisotopic (exact) mass is 164 g/mol. The zero-order chi connectivity index (χ0) is 8.60. The summed E-state index contributed by atoms with van der Waals surface area (Å²) in [6.07, 6.45) is 1.72. The van der Waals surface area contributed by atoms with E-state index in [9.17, 15) is 5.11 Å². The Kier molecular flexibility index (Phi) is 1.63. The van der Waals surface area contributed by atoms with Crippen LogP contribution in [0.4, 0.5) is 0 Å². The fourth-order valence-corrected chi connectivity index (χ4v) is 1.50. The second-order valence-corrected chi connectivity index (χ2v) is 3.30. The average molecular weight is 164 g/mol. The lowest BCUT2D eigenvalue weighted by atomic mass is 9.90. The number of pyridine rings is 1. The molecule has 2 N–H and O–H groups in total. The molecule has 0 unspecified atom stereocenters. The molecule has 64 valence electrons. The van der Waals surface area contributed by atoms with Crippen LogP contribution in [0.1, 0.15) is 11.3 Å². The molecule has 0 amide bonds. The van der Waals surface area contributed by atoms with Gasteiger partial charge in [-0.15, -0.1) is 0 Å². The van der Waals surface area contributed by atoms with Crippen molar-refractivity contribution in [2.45, 2.75) is 12.5 Å². The van der Waals surface area contributed by atoms with Crippen LogP contribution >= 0.6 is 0 Å². The number of aromatic nitrogens is 1. The molecule has 1 saturated heterocycles. The second kappa shape index (κ2) is 2.54. The fraction of sp³-hybridized carbons (Fsp3) is 0.444. The molecule has 0 aromatic carbocycles. The first-order valence-electron chi connectivity index (χ1n) is 4.07. The maximum absolute atomic E-state index is 9.94. The van der Waals surface area contributed by atoms with Crippen molar-refractivity contribution in [1.82, 2.24) is 10.3 Å². The number of β-amino-alcohol motifs (C(OH)–C–C–N with tert-alkyl or cyclic N) is 1. The summed E-state index contributed by atoms with van der Waals surface area (Å²) in [5.74, 6) is 0. The summed E-state index contributed by atoms with van der Waals surface area (Å²) in [4.78, 5) is 4.18. The fourth-order valence-electron chi connectivity index (χ4n) is 1.50. The van der Waals surface area contributed by atoms with E-state index in [4.69, 9.17) is 0 Å². The quantitative estimate of drug-likeness (QED) is 0.622. The van der Waals surface area contributed by atoms with Gasteiger partial charge in [-0.3, -0.25) is 4.98 Å². The lowest BCUT2D eigenvalue weighted by molar-refractivity contribution is -0.0191. The molecule has 0 radical (unpaired) electrons. The molecule has 3 heteroatoms. The second-order valence-electron chi connectivity index (χ2n) is 3.30. The van der Waals surface area contributed by atoms with Crippen LogP contribution in [0.5, 0.6) is 0 Å². The highest BCUT2D eigenvalue weighted by atomic mass is 16.3. The van der Waals surface area contributed by atoms with Crippen molar-refractivity contribution < 1.29 is 5.11 Å². The van der Waals surface area contributed by atoms with Gasteiger partial charge in [-0.2, -0.15) is 0 Å². The normalized spacial score (nSPS) is 20.2. The predicted molar refractivity (Wildman–Crippen MR) is 45.7 cm³/mol. The van der Waals surface area contributed by atoms with Gasteiger partial charge in [0.05, 0.1) is 5.69 Å². The number of rotatable bonds is 1. The Morgan fingerprint density at radius 3 is 2.83 bits per heavy atom. The molecule has 0 bridgehead atoms. The van der Waals surface area contributed by atoms with E-state index in [-0.39, 0.29) is 0 Å². The molecule has 1 aromatic heterocycles. The van der Waals surface area contributed by atoms with Crippen LogP contribution < -0.4 is 5.32 Å².